The molecule has 3 aromatic rings. The summed E-state index contributed by atoms with van der Waals surface area (Å²) in [5.41, 5.74) is 4.97. The molecule has 0 bridgehead atoms. The standard InChI is InChI=1S/C19H19N3/c1-14-5-7-15(8-6-14)16-12-20-18-11-17(21-22(18)13-16)9-10-19(2,3)4/h5-8,11-13H,1-4H3. The summed E-state index contributed by atoms with van der Waals surface area (Å²) in [4.78, 5) is 4.48. The van der Waals surface area contributed by atoms with Crippen LogP contribution in [0.5, 0.6) is 0 Å². The largest absolute Gasteiger partial charge is 0.236 e. The summed E-state index contributed by atoms with van der Waals surface area (Å²) in [6.07, 6.45) is 3.87. The van der Waals surface area contributed by atoms with Gasteiger partial charge in [0.2, 0.25) is 0 Å². The van der Waals surface area contributed by atoms with Gasteiger partial charge in [0, 0.05) is 29.4 Å². The molecular weight excluding hydrogens is 270 g/mol. The summed E-state index contributed by atoms with van der Waals surface area (Å²) >= 11 is 0. The van der Waals surface area contributed by atoms with Gasteiger partial charge in [0.25, 0.3) is 0 Å². The van der Waals surface area contributed by atoms with Gasteiger partial charge in [-0.05, 0) is 39.2 Å². The molecule has 0 amide bonds. The molecule has 22 heavy (non-hydrogen) atoms. The van der Waals surface area contributed by atoms with E-state index in [0.29, 0.717) is 0 Å². The summed E-state index contributed by atoms with van der Waals surface area (Å²) in [6, 6.07) is 10.3. The van der Waals surface area contributed by atoms with E-state index in [0.717, 1.165) is 22.5 Å². The Morgan fingerprint density at radius 1 is 1.05 bits per heavy atom. The van der Waals surface area contributed by atoms with Gasteiger partial charge >= 0.3 is 0 Å². The maximum absolute atomic E-state index is 4.50. The molecule has 0 unspecified atom stereocenters. The summed E-state index contributed by atoms with van der Waals surface area (Å²) in [6.45, 7) is 8.34. The first-order valence-corrected chi connectivity index (χ1v) is 7.36. The molecule has 0 saturated carbocycles. The molecule has 3 rings (SSSR count). The molecule has 1 aromatic carbocycles. The Balaban J connectivity index is 1.99. The van der Waals surface area contributed by atoms with E-state index in [4.69, 9.17) is 0 Å². The topological polar surface area (TPSA) is 30.2 Å². The Morgan fingerprint density at radius 3 is 2.45 bits per heavy atom. The van der Waals surface area contributed by atoms with Crippen molar-refractivity contribution in [1.82, 2.24) is 14.6 Å². The number of aryl methyl sites for hydroxylation is 1. The third-order valence-corrected chi connectivity index (χ3v) is 3.26. The zero-order valence-electron chi connectivity index (χ0n) is 13.4. The minimum absolute atomic E-state index is 0.0315. The van der Waals surface area contributed by atoms with Crippen LogP contribution in [0.1, 0.15) is 32.0 Å². The summed E-state index contributed by atoms with van der Waals surface area (Å²) < 4.78 is 1.79. The highest BCUT2D eigenvalue weighted by atomic mass is 15.2. The third kappa shape index (κ3) is 3.17. The molecule has 0 aliphatic carbocycles. The van der Waals surface area contributed by atoms with Crippen LogP contribution in [0.2, 0.25) is 0 Å². The van der Waals surface area contributed by atoms with Crippen molar-refractivity contribution in [3.8, 4) is 23.0 Å². The molecule has 3 heteroatoms. The van der Waals surface area contributed by atoms with Gasteiger partial charge in [-0.3, -0.25) is 0 Å². The second-order valence-electron chi connectivity index (χ2n) is 6.54. The fraction of sp³-hybridized carbons (Fsp3) is 0.263. The number of rotatable bonds is 1. The van der Waals surface area contributed by atoms with Gasteiger partial charge in [-0.2, -0.15) is 5.10 Å². The van der Waals surface area contributed by atoms with Gasteiger partial charge < -0.3 is 0 Å². The van der Waals surface area contributed by atoms with Crippen molar-refractivity contribution in [3.05, 3.63) is 54.0 Å². The van der Waals surface area contributed by atoms with E-state index in [-0.39, 0.29) is 5.41 Å². The zero-order valence-corrected chi connectivity index (χ0v) is 13.4. The summed E-state index contributed by atoms with van der Waals surface area (Å²) in [5.74, 6) is 6.32. The average Bonchev–Trinajstić information content (AvgIpc) is 2.87. The number of nitrogens with zero attached hydrogens (tertiary/aromatic N) is 3. The van der Waals surface area contributed by atoms with Gasteiger partial charge in [-0.25, -0.2) is 9.50 Å². The van der Waals surface area contributed by atoms with Crippen LogP contribution in [0.25, 0.3) is 16.8 Å². The monoisotopic (exact) mass is 289 g/mol. The lowest BCUT2D eigenvalue weighted by molar-refractivity contribution is 0.571. The molecule has 0 atom stereocenters. The second kappa shape index (κ2) is 5.31. The average molecular weight is 289 g/mol. The minimum Gasteiger partial charge on any atom is -0.236 e. The highest BCUT2D eigenvalue weighted by Crippen LogP contribution is 2.19. The predicted octanol–water partition coefficient (Wildman–Crippen LogP) is 4.10. The van der Waals surface area contributed by atoms with Crippen molar-refractivity contribution in [1.29, 1.82) is 0 Å². The van der Waals surface area contributed by atoms with Crippen molar-refractivity contribution < 1.29 is 0 Å². The van der Waals surface area contributed by atoms with Crippen LogP contribution in [-0.4, -0.2) is 14.6 Å². The van der Waals surface area contributed by atoms with E-state index in [1.54, 1.807) is 4.52 Å². The smallest absolute Gasteiger partial charge is 0.156 e. The van der Waals surface area contributed by atoms with Crippen LogP contribution in [0.15, 0.2) is 42.7 Å². The van der Waals surface area contributed by atoms with E-state index in [1.165, 1.54) is 5.56 Å². The number of hydrogen-bond donors (Lipinski definition) is 0. The van der Waals surface area contributed by atoms with Crippen molar-refractivity contribution >= 4 is 5.65 Å². The third-order valence-electron chi connectivity index (χ3n) is 3.26. The molecule has 3 nitrogen and oxygen atoms in total. The normalized spacial score (nSPS) is 11.3. The molecule has 110 valence electrons. The van der Waals surface area contributed by atoms with Gasteiger partial charge in [-0.15, -0.1) is 0 Å². The Hall–Kier alpha value is -2.60. The van der Waals surface area contributed by atoms with Crippen LogP contribution < -0.4 is 0 Å². The lowest BCUT2D eigenvalue weighted by atomic mass is 9.98. The van der Waals surface area contributed by atoms with Gasteiger partial charge in [-0.1, -0.05) is 35.7 Å². The number of aromatic nitrogens is 3. The first-order chi connectivity index (χ1) is 10.4. The molecule has 2 aromatic heterocycles. The second-order valence-corrected chi connectivity index (χ2v) is 6.54. The van der Waals surface area contributed by atoms with Crippen molar-refractivity contribution in [2.75, 3.05) is 0 Å². The van der Waals surface area contributed by atoms with Crippen LogP contribution in [0, 0.1) is 24.2 Å². The van der Waals surface area contributed by atoms with E-state index >= 15 is 0 Å². The molecule has 2 heterocycles. The van der Waals surface area contributed by atoms with Crippen LogP contribution in [0.4, 0.5) is 0 Å². The van der Waals surface area contributed by atoms with E-state index in [2.05, 4.69) is 73.9 Å². The fourth-order valence-corrected chi connectivity index (χ4v) is 2.08. The Morgan fingerprint density at radius 2 is 1.77 bits per heavy atom. The van der Waals surface area contributed by atoms with E-state index < -0.39 is 0 Å². The van der Waals surface area contributed by atoms with E-state index in [1.807, 2.05) is 18.5 Å². The molecule has 0 fully saturated rings. The van der Waals surface area contributed by atoms with E-state index in [9.17, 15) is 0 Å². The maximum atomic E-state index is 4.50. The minimum atomic E-state index is -0.0315. The first kappa shape index (κ1) is 14.3. The molecule has 0 N–H and O–H groups in total. The van der Waals surface area contributed by atoms with Crippen molar-refractivity contribution in [2.45, 2.75) is 27.7 Å². The predicted molar refractivity (Wildman–Crippen MR) is 89.5 cm³/mol. The maximum Gasteiger partial charge on any atom is 0.156 e. The Bertz CT molecular complexity index is 869. The SMILES string of the molecule is Cc1ccc(-c2cnc3cc(C#CC(C)(C)C)nn3c2)cc1. The van der Waals surface area contributed by atoms with Crippen molar-refractivity contribution in [2.24, 2.45) is 5.41 Å². The van der Waals surface area contributed by atoms with Gasteiger partial charge in [0.1, 0.15) is 5.69 Å². The first-order valence-electron chi connectivity index (χ1n) is 7.36. The van der Waals surface area contributed by atoms with Crippen LogP contribution >= 0.6 is 0 Å². The molecule has 0 radical (unpaired) electrons. The fourth-order valence-electron chi connectivity index (χ4n) is 2.08. The molecule has 0 aliphatic rings. The highest BCUT2D eigenvalue weighted by Gasteiger charge is 2.06. The molecular formula is C19H19N3. The Labute approximate surface area is 131 Å². The van der Waals surface area contributed by atoms with Crippen LogP contribution in [-0.2, 0) is 0 Å². The lowest BCUT2D eigenvalue weighted by Gasteiger charge is -2.06. The Kier molecular flexibility index (Phi) is 3.46. The number of benzene rings is 1. The van der Waals surface area contributed by atoms with Crippen molar-refractivity contribution in [3.63, 3.8) is 0 Å². The number of fused-ring (bicyclic) bond motifs is 1. The van der Waals surface area contributed by atoms with Gasteiger partial charge in [0.05, 0.1) is 0 Å². The number of hydrogen-bond acceptors (Lipinski definition) is 2. The quantitative estimate of drug-likeness (QED) is 0.631. The molecule has 0 spiro atoms. The molecule has 0 saturated heterocycles. The van der Waals surface area contributed by atoms with Crippen LogP contribution in [0.3, 0.4) is 0 Å². The summed E-state index contributed by atoms with van der Waals surface area (Å²) in [7, 11) is 0. The molecule has 0 aliphatic heterocycles. The van der Waals surface area contributed by atoms with Gasteiger partial charge in [0.15, 0.2) is 5.65 Å². The lowest BCUT2D eigenvalue weighted by Crippen LogP contribution is -1.99. The highest BCUT2D eigenvalue weighted by molar-refractivity contribution is 5.63. The summed E-state index contributed by atoms with van der Waals surface area (Å²) in [5, 5.41) is 4.50. The zero-order chi connectivity index (χ0) is 15.7.